The first-order valence-corrected chi connectivity index (χ1v) is 9.18. The molecular formula is C22H27NO3. The van der Waals surface area contributed by atoms with Gasteiger partial charge in [-0.2, -0.15) is 0 Å². The Bertz CT molecular complexity index is 765. The first-order chi connectivity index (χ1) is 12.6. The third-order valence-corrected chi connectivity index (χ3v) is 5.48. The van der Waals surface area contributed by atoms with Gasteiger partial charge in [-0.15, -0.1) is 0 Å². The van der Waals surface area contributed by atoms with E-state index < -0.39 is 5.41 Å². The van der Waals surface area contributed by atoms with Crippen LogP contribution in [0.15, 0.2) is 48.5 Å². The van der Waals surface area contributed by atoms with E-state index in [-0.39, 0.29) is 12.0 Å². The molecule has 1 amide bonds. The minimum absolute atomic E-state index is 0.00863. The van der Waals surface area contributed by atoms with Crippen LogP contribution in [-0.2, 0) is 14.9 Å². The number of hydrogen-bond donors (Lipinski definition) is 1. The smallest absolute Gasteiger partial charge is 0.235 e. The zero-order valence-electron chi connectivity index (χ0n) is 15.7. The van der Waals surface area contributed by atoms with E-state index in [1.54, 1.807) is 14.2 Å². The van der Waals surface area contributed by atoms with Gasteiger partial charge in [0, 0.05) is 12.8 Å². The van der Waals surface area contributed by atoms with Crippen molar-refractivity contribution >= 4 is 11.6 Å². The molecule has 0 bridgehead atoms. The van der Waals surface area contributed by atoms with Crippen molar-refractivity contribution in [2.24, 2.45) is 0 Å². The highest BCUT2D eigenvalue weighted by Gasteiger charge is 2.42. The van der Waals surface area contributed by atoms with Crippen molar-refractivity contribution < 1.29 is 14.3 Å². The molecule has 1 atom stereocenters. The molecule has 138 valence electrons. The van der Waals surface area contributed by atoms with Crippen molar-refractivity contribution in [3.8, 4) is 5.75 Å². The molecule has 1 saturated carbocycles. The molecule has 3 rings (SSSR count). The average Bonchev–Trinajstić information content (AvgIpc) is 3.19. The second-order valence-corrected chi connectivity index (χ2v) is 6.98. The molecule has 4 heteroatoms. The Balaban J connectivity index is 1.88. The summed E-state index contributed by atoms with van der Waals surface area (Å²) in [5.74, 6) is 0.850. The fourth-order valence-corrected chi connectivity index (χ4v) is 3.80. The SMILES string of the molecule is COc1cccc(C2(C(=O)Nc3cccc(C(C)OC)c3)CCCC2)c1. The second kappa shape index (κ2) is 7.92. The van der Waals surface area contributed by atoms with E-state index in [2.05, 4.69) is 5.32 Å². The molecule has 0 aliphatic heterocycles. The van der Waals surface area contributed by atoms with E-state index in [1.165, 1.54) is 0 Å². The number of ether oxygens (including phenoxy) is 2. The van der Waals surface area contributed by atoms with E-state index in [1.807, 2.05) is 55.5 Å². The maximum absolute atomic E-state index is 13.3. The Labute approximate surface area is 155 Å². The Morgan fingerprint density at radius 1 is 1.08 bits per heavy atom. The Morgan fingerprint density at radius 3 is 2.50 bits per heavy atom. The third kappa shape index (κ3) is 3.61. The van der Waals surface area contributed by atoms with Gasteiger partial charge in [-0.05, 0) is 55.2 Å². The van der Waals surface area contributed by atoms with Gasteiger partial charge in [0.1, 0.15) is 5.75 Å². The number of nitrogens with one attached hydrogen (secondary N) is 1. The molecule has 2 aromatic carbocycles. The highest BCUT2D eigenvalue weighted by atomic mass is 16.5. The molecule has 1 aliphatic carbocycles. The van der Waals surface area contributed by atoms with Gasteiger partial charge in [0.2, 0.25) is 5.91 Å². The molecule has 0 heterocycles. The maximum atomic E-state index is 13.3. The average molecular weight is 353 g/mol. The summed E-state index contributed by atoms with van der Waals surface area (Å²) in [6.07, 6.45) is 3.84. The summed E-state index contributed by atoms with van der Waals surface area (Å²) >= 11 is 0. The monoisotopic (exact) mass is 353 g/mol. The molecular weight excluding hydrogens is 326 g/mol. The number of methoxy groups -OCH3 is 2. The van der Waals surface area contributed by atoms with E-state index in [9.17, 15) is 4.79 Å². The van der Waals surface area contributed by atoms with E-state index >= 15 is 0 Å². The lowest BCUT2D eigenvalue weighted by atomic mass is 9.78. The number of amides is 1. The van der Waals surface area contributed by atoms with Crippen LogP contribution in [0.2, 0.25) is 0 Å². The van der Waals surface area contributed by atoms with Gasteiger partial charge in [0.25, 0.3) is 0 Å². The van der Waals surface area contributed by atoms with Crippen LogP contribution in [0.25, 0.3) is 0 Å². The lowest BCUT2D eigenvalue weighted by Gasteiger charge is -2.29. The topological polar surface area (TPSA) is 47.6 Å². The third-order valence-electron chi connectivity index (χ3n) is 5.48. The summed E-state index contributed by atoms with van der Waals surface area (Å²) in [7, 11) is 3.34. The standard InChI is InChI=1S/C22H27NO3/c1-16(25-2)17-8-6-10-19(14-17)23-21(24)22(12-4-5-13-22)18-9-7-11-20(15-18)26-3/h6-11,14-16H,4-5,12-13H2,1-3H3,(H,23,24). The first-order valence-electron chi connectivity index (χ1n) is 9.18. The van der Waals surface area contributed by atoms with Crippen LogP contribution in [0.5, 0.6) is 5.75 Å². The molecule has 1 aliphatic rings. The van der Waals surface area contributed by atoms with Crippen molar-refractivity contribution in [2.75, 3.05) is 19.5 Å². The second-order valence-electron chi connectivity index (χ2n) is 6.98. The molecule has 1 N–H and O–H groups in total. The number of hydrogen-bond acceptors (Lipinski definition) is 3. The van der Waals surface area contributed by atoms with Gasteiger partial charge in [-0.3, -0.25) is 4.79 Å². The van der Waals surface area contributed by atoms with Gasteiger partial charge in [-0.25, -0.2) is 0 Å². The van der Waals surface area contributed by atoms with Gasteiger partial charge in [0.15, 0.2) is 0 Å². The van der Waals surface area contributed by atoms with Crippen LogP contribution in [0.1, 0.15) is 49.8 Å². The zero-order chi connectivity index (χ0) is 18.6. The molecule has 2 aromatic rings. The van der Waals surface area contributed by atoms with Crippen LogP contribution in [-0.4, -0.2) is 20.1 Å². The molecule has 0 spiro atoms. The van der Waals surface area contributed by atoms with E-state index in [4.69, 9.17) is 9.47 Å². The summed E-state index contributed by atoms with van der Waals surface area (Å²) in [4.78, 5) is 13.3. The lowest BCUT2D eigenvalue weighted by molar-refractivity contribution is -0.121. The number of benzene rings is 2. The lowest BCUT2D eigenvalue weighted by Crippen LogP contribution is -2.38. The predicted molar refractivity (Wildman–Crippen MR) is 104 cm³/mol. The molecule has 0 saturated heterocycles. The summed E-state index contributed by atoms with van der Waals surface area (Å²) in [5.41, 5.74) is 2.41. The van der Waals surface area contributed by atoms with Crippen molar-refractivity contribution in [2.45, 2.75) is 44.1 Å². The minimum Gasteiger partial charge on any atom is -0.497 e. The van der Waals surface area contributed by atoms with Crippen LogP contribution >= 0.6 is 0 Å². The summed E-state index contributed by atoms with van der Waals surface area (Å²) < 4.78 is 10.8. The quantitative estimate of drug-likeness (QED) is 0.807. The fourth-order valence-electron chi connectivity index (χ4n) is 3.80. The largest absolute Gasteiger partial charge is 0.497 e. The van der Waals surface area contributed by atoms with Crippen LogP contribution in [0.4, 0.5) is 5.69 Å². The van der Waals surface area contributed by atoms with Crippen molar-refractivity contribution in [1.82, 2.24) is 0 Å². The van der Waals surface area contributed by atoms with Gasteiger partial charge in [-0.1, -0.05) is 37.1 Å². The van der Waals surface area contributed by atoms with Crippen LogP contribution < -0.4 is 10.1 Å². The molecule has 1 unspecified atom stereocenters. The molecule has 0 aromatic heterocycles. The van der Waals surface area contributed by atoms with Crippen molar-refractivity contribution in [1.29, 1.82) is 0 Å². The fraction of sp³-hybridized carbons (Fsp3) is 0.409. The van der Waals surface area contributed by atoms with Crippen LogP contribution in [0.3, 0.4) is 0 Å². The van der Waals surface area contributed by atoms with Gasteiger partial charge in [0.05, 0.1) is 18.6 Å². The first kappa shape index (κ1) is 18.5. The highest BCUT2D eigenvalue weighted by molar-refractivity contribution is 5.99. The summed E-state index contributed by atoms with van der Waals surface area (Å²) in [6.45, 7) is 2.00. The van der Waals surface area contributed by atoms with Crippen molar-refractivity contribution in [3.63, 3.8) is 0 Å². The summed E-state index contributed by atoms with van der Waals surface area (Å²) in [5, 5.41) is 3.14. The summed E-state index contributed by atoms with van der Waals surface area (Å²) in [6, 6.07) is 15.8. The van der Waals surface area contributed by atoms with Crippen LogP contribution in [0, 0.1) is 0 Å². The number of anilines is 1. The van der Waals surface area contributed by atoms with E-state index in [0.29, 0.717) is 0 Å². The normalized spacial score (nSPS) is 16.9. The van der Waals surface area contributed by atoms with E-state index in [0.717, 1.165) is 48.2 Å². The number of rotatable bonds is 6. The molecule has 0 radical (unpaired) electrons. The Morgan fingerprint density at radius 2 is 1.81 bits per heavy atom. The molecule has 1 fully saturated rings. The van der Waals surface area contributed by atoms with Gasteiger partial charge >= 0.3 is 0 Å². The Hall–Kier alpha value is -2.33. The number of carbonyl (C=O) groups excluding carboxylic acids is 1. The predicted octanol–water partition coefficient (Wildman–Crippen LogP) is 4.85. The minimum atomic E-state index is -0.489. The number of carbonyl (C=O) groups is 1. The van der Waals surface area contributed by atoms with Crippen molar-refractivity contribution in [3.05, 3.63) is 59.7 Å². The maximum Gasteiger partial charge on any atom is 0.235 e. The Kier molecular flexibility index (Phi) is 5.62. The zero-order valence-corrected chi connectivity index (χ0v) is 15.7. The highest BCUT2D eigenvalue weighted by Crippen LogP contribution is 2.43. The van der Waals surface area contributed by atoms with Gasteiger partial charge < -0.3 is 14.8 Å². The molecule has 26 heavy (non-hydrogen) atoms. The molecule has 4 nitrogen and oxygen atoms in total.